The molecule has 1 aliphatic heterocycles. The summed E-state index contributed by atoms with van der Waals surface area (Å²) in [6.45, 7) is 10.9. The summed E-state index contributed by atoms with van der Waals surface area (Å²) in [7, 11) is 0. The van der Waals surface area contributed by atoms with Gasteiger partial charge in [0.25, 0.3) is 0 Å². The molecule has 0 aromatic heterocycles. The molecule has 0 bridgehead atoms. The molecule has 1 fully saturated rings. The molecule has 0 saturated carbocycles. The smallest absolute Gasteiger partial charge is 0.335 e. The Morgan fingerprint density at radius 2 is 2.05 bits per heavy atom. The molecule has 0 amide bonds. The Balaban J connectivity index is 2.16. The van der Waals surface area contributed by atoms with Crippen molar-refractivity contribution in [3.63, 3.8) is 0 Å². The Morgan fingerprint density at radius 3 is 2.53 bits per heavy atom. The number of anilines is 1. The van der Waals surface area contributed by atoms with Gasteiger partial charge in [-0.1, -0.05) is 20.8 Å². The molecule has 1 saturated heterocycles. The van der Waals surface area contributed by atoms with E-state index in [2.05, 4.69) is 25.7 Å². The van der Waals surface area contributed by atoms with Gasteiger partial charge in [-0.15, -0.1) is 0 Å². The molecule has 1 unspecified atom stereocenters. The van der Waals surface area contributed by atoms with Gasteiger partial charge in [-0.3, -0.25) is 0 Å². The lowest BCUT2D eigenvalue weighted by atomic mass is 9.80. The molecule has 104 valence electrons. The van der Waals surface area contributed by atoms with Crippen molar-refractivity contribution in [3.8, 4) is 0 Å². The summed E-state index contributed by atoms with van der Waals surface area (Å²) in [6.07, 6.45) is 1.21. The molecule has 3 heteroatoms. The van der Waals surface area contributed by atoms with Crippen LogP contribution in [0.2, 0.25) is 0 Å². The van der Waals surface area contributed by atoms with Gasteiger partial charge in [-0.25, -0.2) is 4.79 Å². The van der Waals surface area contributed by atoms with Crippen molar-refractivity contribution in [2.45, 2.75) is 34.1 Å². The van der Waals surface area contributed by atoms with Crippen molar-refractivity contribution in [2.24, 2.45) is 11.3 Å². The first-order valence-electron chi connectivity index (χ1n) is 6.88. The number of aromatic carboxylic acids is 1. The van der Waals surface area contributed by atoms with Crippen LogP contribution in [0.15, 0.2) is 18.2 Å². The second kappa shape index (κ2) is 4.87. The van der Waals surface area contributed by atoms with Crippen LogP contribution in [0.5, 0.6) is 0 Å². The van der Waals surface area contributed by atoms with Gasteiger partial charge in [-0.2, -0.15) is 0 Å². The zero-order chi connectivity index (χ0) is 14.2. The third-order valence-corrected chi connectivity index (χ3v) is 4.22. The second-order valence-electron chi connectivity index (χ2n) is 6.60. The highest BCUT2D eigenvalue weighted by Crippen LogP contribution is 2.35. The summed E-state index contributed by atoms with van der Waals surface area (Å²) in [5.74, 6) is -0.148. The third kappa shape index (κ3) is 2.91. The number of carbonyl (C=O) groups is 1. The van der Waals surface area contributed by atoms with E-state index in [9.17, 15) is 4.79 Å². The number of carboxylic acid groups (broad SMARTS) is 1. The van der Waals surface area contributed by atoms with E-state index in [0.717, 1.165) is 24.3 Å². The maximum Gasteiger partial charge on any atom is 0.335 e. The Morgan fingerprint density at radius 1 is 1.37 bits per heavy atom. The molecule has 0 radical (unpaired) electrons. The van der Waals surface area contributed by atoms with E-state index < -0.39 is 5.97 Å². The van der Waals surface area contributed by atoms with Crippen molar-refractivity contribution < 1.29 is 9.90 Å². The number of carboxylic acids is 1. The monoisotopic (exact) mass is 261 g/mol. The van der Waals surface area contributed by atoms with E-state index in [4.69, 9.17) is 5.11 Å². The van der Waals surface area contributed by atoms with Crippen LogP contribution in [0.1, 0.15) is 43.1 Å². The van der Waals surface area contributed by atoms with Crippen molar-refractivity contribution >= 4 is 11.7 Å². The fourth-order valence-electron chi connectivity index (χ4n) is 2.79. The number of hydrogen-bond acceptors (Lipinski definition) is 2. The molecule has 3 nitrogen and oxygen atoms in total. The number of benzene rings is 1. The molecule has 1 heterocycles. The van der Waals surface area contributed by atoms with Crippen molar-refractivity contribution in [1.29, 1.82) is 0 Å². The summed E-state index contributed by atoms with van der Waals surface area (Å²) in [4.78, 5) is 13.4. The van der Waals surface area contributed by atoms with Gasteiger partial charge in [0.2, 0.25) is 0 Å². The minimum atomic E-state index is -0.849. The number of hydrogen-bond donors (Lipinski definition) is 1. The molecule has 19 heavy (non-hydrogen) atoms. The Labute approximate surface area is 115 Å². The SMILES string of the molecule is Cc1cc(N2CCC(C(C)(C)C)C2)ccc1C(=O)O. The van der Waals surface area contributed by atoms with E-state index >= 15 is 0 Å². The van der Waals surface area contributed by atoms with Crippen molar-refractivity contribution in [2.75, 3.05) is 18.0 Å². The van der Waals surface area contributed by atoms with Crippen LogP contribution in [0.3, 0.4) is 0 Å². The second-order valence-corrected chi connectivity index (χ2v) is 6.60. The quantitative estimate of drug-likeness (QED) is 0.884. The van der Waals surface area contributed by atoms with Crippen LogP contribution < -0.4 is 4.90 Å². The van der Waals surface area contributed by atoms with Gasteiger partial charge in [0.05, 0.1) is 5.56 Å². The highest BCUT2D eigenvalue weighted by Gasteiger charge is 2.31. The summed E-state index contributed by atoms with van der Waals surface area (Å²) in [6, 6.07) is 5.65. The van der Waals surface area contributed by atoms with E-state index in [1.807, 2.05) is 19.1 Å². The molecule has 1 N–H and O–H groups in total. The van der Waals surface area contributed by atoms with Gasteiger partial charge < -0.3 is 10.0 Å². The van der Waals surface area contributed by atoms with Crippen molar-refractivity contribution in [3.05, 3.63) is 29.3 Å². The normalized spacial score (nSPS) is 19.8. The molecule has 1 atom stereocenters. The Hall–Kier alpha value is -1.51. The first kappa shape index (κ1) is 13.9. The average Bonchev–Trinajstić information content (AvgIpc) is 2.76. The lowest BCUT2D eigenvalue weighted by Gasteiger charge is -2.27. The Bertz CT molecular complexity index is 488. The fraction of sp³-hybridized carbons (Fsp3) is 0.562. The Kier molecular flexibility index (Phi) is 3.57. The number of nitrogens with zero attached hydrogens (tertiary/aromatic N) is 1. The van der Waals surface area contributed by atoms with Crippen LogP contribution in [0.25, 0.3) is 0 Å². The minimum Gasteiger partial charge on any atom is -0.478 e. The van der Waals surface area contributed by atoms with Crippen LogP contribution in [0.4, 0.5) is 5.69 Å². The maximum absolute atomic E-state index is 11.0. The van der Waals surface area contributed by atoms with Crippen LogP contribution in [-0.2, 0) is 0 Å². The molecule has 1 aromatic carbocycles. The third-order valence-electron chi connectivity index (χ3n) is 4.22. The number of aryl methyl sites for hydroxylation is 1. The first-order valence-corrected chi connectivity index (χ1v) is 6.88. The van der Waals surface area contributed by atoms with Gasteiger partial charge in [-0.05, 0) is 48.4 Å². The standard InChI is InChI=1S/C16H23NO2/c1-11-9-13(5-6-14(11)15(18)19)17-8-7-12(10-17)16(2,3)4/h5-6,9,12H,7-8,10H2,1-4H3,(H,18,19). The van der Waals surface area contributed by atoms with Gasteiger partial charge in [0.1, 0.15) is 0 Å². The largest absolute Gasteiger partial charge is 0.478 e. The van der Waals surface area contributed by atoms with E-state index in [1.165, 1.54) is 6.42 Å². The highest BCUT2D eigenvalue weighted by molar-refractivity contribution is 5.89. The number of rotatable bonds is 2. The summed E-state index contributed by atoms with van der Waals surface area (Å²) >= 11 is 0. The fourth-order valence-corrected chi connectivity index (χ4v) is 2.79. The molecule has 1 aliphatic rings. The lowest BCUT2D eigenvalue weighted by molar-refractivity contribution is 0.0696. The average molecular weight is 261 g/mol. The zero-order valence-electron chi connectivity index (χ0n) is 12.2. The summed E-state index contributed by atoms with van der Waals surface area (Å²) in [5.41, 5.74) is 2.72. The first-order chi connectivity index (χ1) is 8.79. The van der Waals surface area contributed by atoms with Crippen LogP contribution >= 0.6 is 0 Å². The highest BCUT2D eigenvalue weighted by atomic mass is 16.4. The predicted octanol–water partition coefficient (Wildman–Crippen LogP) is 3.57. The molecular formula is C16H23NO2. The topological polar surface area (TPSA) is 40.5 Å². The van der Waals surface area contributed by atoms with E-state index in [0.29, 0.717) is 16.9 Å². The zero-order valence-corrected chi connectivity index (χ0v) is 12.2. The van der Waals surface area contributed by atoms with Gasteiger partial charge in [0.15, 0.2) is 0 Å². The van der Waals surface area contributed by atoms with Crippen LogP contribution in [-0.4, -0.2) is 24.2 Å². The van der Waals surface area contributed by atoms with Crippen molar-refractivity contribution in [1.82, 2.24) is 0 Å². The molecule has 0 aliphatic carbocycles. The van der Waals surface area contributed by atoms with E-state index in [1.54, 1.807) is 6.07 Å². The van der Waals surface area contributed by atoms with E-state index in [-0.39, 0.29) is 0 Å². The molecular weight excluding hydrogens is 238 g/mol. The molecule has 0 spiro atoms. The summed E-state index contributed by atoms with van der Waals surface area (Å²) in [5, 5.41) is 9.06. The lowest BCUT2D eigenvalue weighted by Crippen LogP contribution is -2.25. The maximum atomic E-state index is 11.0. The summed E-state index contributed by atoms with van der Waals surface area (Å²) < 4.78 is 0. The molecule has 1 aromatic rings. The molecule has 2 rings (SSSR count). The van der Waals surface area contributed by atoms with Gasteiger partial charge in [0, 0.05) is 18.8 Å². The van der Waals surface area contributed by atoms with Crippen LogP contribution in [0, 0.1) is 18.3 Å². The minimum absolute atomic E-state index is 0.338. The predicted molar refractivity (Wildman–Crippen MR) is 77.9 cm³/mol. The van der Waals surface area contributed by atoms with Gasteiger partial charge >= 0.3 is 5.97 Å².